The van der Waals surface area contributed by atoms with E-state index in [0.717, 1.165) is 18.4 Å². The van der Waals surface area contributed by atoms with Crippen LogP contribution in [0.15, 0.2) is 18.2 Å². The first-order valence-corrected chi connectivity index (χ1v) is 5.82. The lowest BCUT2D eigenvalue weighted by Crippen LogP contribution is -2.37. The van der Waals surface area contributed by atoms with E-state index in [1.807, 2.05) is 6.07 Å². The van der Waals surface area contributed by atoms with Gasteiger partial charge in [0.2, 0.25) is 0 Å². The molecule has 0 spiro atoms. The van der Waals surface area contributed by atoms with E-state index in [2.05, 4.69) is 5.43 Å². The molecule has 0 bridgehead atoms. The predicted molar refractivity (Wildman–Crippen MR) is 67.8 cm³/mol. The van der Waals surface area contributed by atoms with Crippen LogP contribution < -0.4 is 11.3 Å². The molecule has 5 heteroatoms. The fourth-order valence-electron chi connectivity index (χ4n) is 1.47. The van der Waals surface area contributed by atoms with Crippen molar-refractivity contribution in [2.75, 3.05) is 13.7 Å². The lowest BCUT2D eigenvalue weighted by molar-refractivity contribution is 0.182. The molecule has 0 aliphatic carbocycles. The van der Waals surface area contributed by atoms with Crippen molar-refractivity contribution in [3.8, 4) is 0 Å². The number of rotatable bonds is 6. The Labute approximate surface area is 106 Å². The summed E-state index contributed by atoms with van der Waals surface area (Å²) in [5, 5.41) is 1.39. The zero-order valence-corrected chi connectivity index (χ0v) is 10.7. The first kappa shape index (κ1) is 13.7. The Kier molecular flexibility index (Phi) is 6.09. The Bertz CT molecular complexity index is 334. The van der Waals surface area contributed by atoms with Gasteiger partial charge in [-0.05, 0) is 36.6 Å². The summed E-state index contributed by atoms with van der Waals surface area (Å²) in [6.07, 6.45) is 1.56. The Morgan fingerprint density at radius 3 is 2.81 bits per heavy atom. The van der Waals surface area contributed by atoms with Crippen molar-refractivity contribution >= 4 is 23.2 Å². The maximum Gasteiger partial charge on any atom is 0.0477 e. The van der Waals surface area contributed by atoms with Crippen LogP contribution in [-0.2, 0) is 11.2 Å². The molecule has 1 atom stereocenters. The summed E-state index contributed by atoms with van der Waals surface area (Å²) in [6, 6.07) is 5.56. The average molecular weight is 263 g/mol. The van der Waals surface area contributed by atoms with E-state index in [-0.39, 0.29) is 6.04 Å². The van der Waals surface area contributed by atoms with E-state index >= 15 is 0 Å². The highest BCUT2D eigenvalue weighted by Gasteiger charge is 2.10. The van der Waals surface area contributed by atoms with Gasteiger partial charge < -0.3 is 4.74 Å². The monoisotopic (exact) mass is 262 g/mol. The van der Waals surface area contributed by atoms with Crippen molar-refractivity contribution in [1.29, 1.82) is 0 Å². The third kappa shape index (κ3) is 4.28. The largest absolute Gasteiger partial charge is 0.385 e. The molecule has 0 aliphatic heterocycles. The van der Waals surface area contributed by atoms with Crippen LogP contribution in [0.2, 0.25) is 10.0 Å². The van der Waals surface area contributed by atoms with Gasteiger partial charge in [0.15, 0.2) is 0 Å². The average Bonchev–Trinajstić information content (AvgIpc) is 2.28. The van der Waals surface area contributed by atoms with E-state index in [9.17, 15) is 0 Å². The van der Waals surface area contributed by atoms with Gasteiger partial charge in [-0.25, -0.2) is 0 Å². The van der Waals surface area contributed by atoms with Gasteiger partial charge >= 0.3 is 0 Å². The summed E-state index contributed by atoms with van der Waals surface area (Å²) in [6.45, 7) is 0.660. The van der Waals surface area contributed by atoms with E-state index < -0.39 is 0 Å². The summed E-state index contributed by atoms with van der Waals surface area (Å²) in [7, 11) is 1.67. The second kappa shape index (κ2) is 7.09. The number of nitrogens with one attached hydrogen (secondary N) is 1. The molecular formula is C11H16Cl2N2O. The number of hydrogen-bond donors (Lipinski definition) is 2. The van der Waals surface area contributed by atoms with Crippen LogP contribution in [0.1, 0.15) is 12.0 Å². The first-order chi connectivity index (χ1) is 7.67. The number of halogens is 2. The SMILES string of the molecule is COCCC(Cc1cc(Cl)ccc1Cl)NN. The molecule has 3 N–H and O–H groups in total. The number of methoxy groups -OCH3 is 1. The minimum atomic E-state index is 0.135. The number of benzene rings is 1. The fraction of sp³-hybridized carbons (Fsp3) is 0.455. The van der Waals surface area contributed by atoms with Crippen molar-refractivity contribution in [3.63, 3.8) is 0 Å². The molecular weight excluding hydrogens is 247 g/mol. The van der Waals surface area contributed by atoms with Crippen LogP contribution >= 0.6 is 23.2 Å². The first-order valence-electron chi connectivity index (χ1n) is 5.06. The molecule has 0 radical (unpaired) electrons. The van der Waals surface area contributed by atoms with E-state index in [1.54, 1.807) is 19.2 Å². The molecule has 0 saturated heterocycles. The second-order valence-electron chi connectivity index (χ2n) is 3.58. The highest BCUT2D eigenvalue weighted by molar-refractivity contribution is 6.33. The van der Waals surface area contributed by atoms with Gasteiger partial charge in [-0.3, -0.25) is 11.3 Å². The van der Waals surface area contributed by atoms with Crippen LogP contribution in [0, 0.1) is 0 Å². The molecule has 3 nitrogen and oxygen atoms in total. The van der Waals surface area contributed by atoms with Crippen molar-refractivity contribution in [1.82, 2.24) is 5.43 Å². The predicted octanol–water partition coefficient (Wildman–Crippen LogP) is 2.40. The van der Waals surface area contributed by atoms with Gasteiger partial charge in [0.05, 0.1) is 0 Å². The Morgan fingerprint density at radius 1 is 1.44 bits per heavy atom. The molecule has 0 heterocycles. The molecule has 0 aliphatic rings. The summed E-state index contributed by atoms with van der Waals surface area (Å²) in [5.41, 5.74) is 3.74. The Hall–Kier alpha value is -0.320. The van der Waals surface area contributed by atoms with Crippen LogP contribution in [0.5, 0.6) is 0 Å². The summed E-state index contributed by atoms with van der Waals surface area (Å²) in [4.78, 5) is 0. The van der Waals surface area contributed by atoms with Crippen LogP contribution in [0.3, 0.4) is 0 Å². The zero-order chi connectivity index (χ0) is 12.0. The highest BCUT2D eigenvalue weighted by atomic mass is 35.5. The summed E-state index contributed by atoms with van der Waals surface area (Å²) >= 11 is 12.0. The fourth-order valence-corrected chi connectivity index (χ4v) is 1.86. The van der Waals surface area contributed by atoms with Gasteiger partial charge in [-0.1, -0.05) is 23.2 Å². The molecule has 0 amide bonds. The number of ether oxygens (including phenoxy) is 1. The topological polar surface area (TPSA) is 47.3 Å². The van der Waals surface area contributed by atoms with Crippen molar-refractivity contribution in [2.24, 2.45) is 5.84 Å². The quantitative estimate of drug-likeness (QED) is 0.612. The zero-order valence-electron chi connectivity index (χ0n) is 9.17. The molecule has 90 valence electrons. The summed E-state index contributed by atoms with van der Waals surface area (Å²) in [5.74, 6) is 5.47. The maximum atomic E-state index is 6.07. The number of nitrogens with two attached hydrogens (primary N) is 1. The number of hydrazine groups is 1. The Morgan fingerprint density at radius 2 is 2.19 bits per heavy atom. The normalized spacial score (nSPS) is 12.8. The van der Waals surface area contributed by atoms with Gasteiger partial charge in [0.25, 0.3) is 0 Å². The minimum Gasteiger partial charge on any atom is -0.385 e. The molecule has 1 aromatic carbocycles. The van der Waals surface area contributed by atoms with Crippen molar-refractivity contribution in [3.05, 3.63) is 33.8 Å². The van der Waals surface area contributed by atoms with Gasteiger partial charge in [0, 0.05) is 29.8 Å². The van der Waals surface area contributed by atoms with Crippen LogP contribution in [0.25, 0.3) is 0 Å². The molecule has 16 heavy (non-hydrogen) atoms. The minimum absolute atomic E-state index is 0.135. The molecule has 1 rings (SSSR count). The lowest BCUT2D eigenvalue weighted by Gasteiger charge is -2.16. The molecule has 0 aromatic heterocycles. The van der Waals surface area contributed by atoms with Gasteiger partial charge in [-0.15, -0.1) is 0 Å². The van der Waals surface area contributed by atoms with Crippen molar-refractivity contribution in [2.45, 2.75) is 18.9 Å². The van der Waals surface area contributed by atoms with Crippen LogP contribution in [0.4, 0.5) is 0 Å². The third-order valence-electron chi connectivity index (χ3n) is 2.38. The molecule has 0 saturated carbocycles. The smallest absolute Gasteiger partial charge is 0.0477 e. The van der Waals surface area contributed by atoms with E-state index in [0.29, 0.717) is 16.7 Å². The number of hydrogen-bond acceptors (Lipinski definition) is 3. The standard InChI is InChI=1S/C11H16Cl2N2O/c1-16-5-4-10(15-14)7-8-6-9(12)2-3-11(8)13/h2-3,6,10,15H,4-5,7,14H2,1H3. The molecule has 0 fully saturated rings. The maximum absolute atomic E-state index is 6.07. The molecule has 1 unspecified atom stereocenters. The highest BCUT2D eigenvalue weighted by Crippen LogP contribution is 2.22. The van der Waals surface area contributed by atoms with Gasteiger partial charge in [0.1, 0.15) is 0 Å². The van der Waals surface area contributed by atoms with Crippen molar-refractivity contribution < 1.29 is 4.74 Å². The third-order valence-corrected chi connectivity index (χ3v) is 2.98. The van der Waals surface area contributed by atoms with E-state index in [4.69, 9.17) is 33.8 Å². The summed E-state index contributed by atoms with van der Waals surface area (Å²) < 4.78 is 5.01. The second-order valence-corrected chi connectivity index (χ2v) is 4.43. The van der Waals surface area contributed by atoms with Crippen LogP contribution in [-0.4, -0.2) is 19.8 Å². The van der Waals surface area contributed by atoms with Gasteiger partial charge in [-0.2, -0.15) is 0 Å². The Balaban J connectivity index is 2.65. The molecule has 1 aromatic rings. The van der Waals surface area contributed by atoms with E-state index in [1.165, 1.54) is 0 Å². The lowest BCUT2D eigenvalue weighted by atomic mass is 10.0.